The van der Waals surface area contributed by atoms with Gasteiger partial charge in [0.25, 0.3) is 5.91 Å². The Morgan fingerprint density at radius 1 is 1.55 bits per heavy atom. The van der Waals surface area contributed by atoms with E-state index >= 15 is 0 Å². The SMILES string of the molecule is CC(C)c1cc(C(=O)NCCC2CCOC2)cc(N)n1. The molecule has 2 heterocycles. The lowest BCUT2D eigenvalue weighted by Crippen LogP contribution is -2.26. The van der Waals surface area contributed by atoms with E-state index in [1.165, 1.54) is 0 Å². The van der Waals surface area contributed by atoms with E-state index in [1.54, 1.807) is 6.07 Å². The smallest absolute Gasteiger partial charge is 0.251 e. The van der Waals surface area contributed by atoms with Gasteiger partial charge in [0, 0.05) is 31.0 Å². The van der Waals surface area contributed by atoms with Gasteiger partial charge in [0.05, 0.1) is 0 Å². The maximum absolute atomic E-state index is 12.1. The Balaban J connectivity index is 1.91. The molecule has 1 aliphatic rings. The van der Waals surface area contributed by atoms with E-state index in [9.17, 15) is 4.79 Å². The number of ether oxygens (including phenoxy) is 1. The normalized spacial score (nSPS) is 18.4. The Kier molecular flexibility index (Phi) is 4.95. The van der Waals surface area contributed by atoms with Crippen LogP contribution in [-0.2, 0) is 4.74 Å². The summed E-state index contributed by atoms with van der Waals surface area (Å²) >= 11 is 0. The molecular formula is C15H23N3O2. The molecule has 5 nitrogen and oxygen atoms in total. The van der Waals surface area contributed by atoms with Crippen molar-refractivity contribution in [3.63, 3.8) is 0 Å². The average Bonchev–Trinajstić information content (AvgIpc) is 2.91. The van der Waals surface area contributed by atoms with Crippen molar-refractivity contribution < 1.29 is 9.53 Å². The maximum Gasteiger partial charge on any atom is 0.251 e. The van der Waals surface area contributed by atoms with Gasteiger partial charge in [-0.2, -0.15) is 0 Å². The van der Waals surface area contributed by atoms with Crippen molar-refractivity contribution in [3.05, 3.63) is 23.4 Å². The van der Waals surface area contributed by atoms with Crippen LogP contribution in [0.3, 0.4) is 0 Å². The maximum atomic E-state index is 12.1. The molecule has 1 unspecified atom stereocenters. The number of nitrogen functional groups attached to an aromatic ring is 1. The molecule has 0 spiro atoms. The van der Waals surface area contributed by atoms with Crippen molar-refractivity contribution in [3.8, 4) is 0 Å². The molecule has 0 aliphatic carbocycles. The van der Waals surface area contributed by atoms with E-state index < -0.39 is 0 Å². The van der Waals surface area contributed by atoms with Crippen LogP contribution in [0, 0.1) is 5.92 Å². The number of hydrogen-bond acceptors (Lipinski definition) is 4. The third kappa shape index (κ3) is 3.93. The zero-order chi connectivity index (χ0) is 14.5. The fourth-order valence-corrected chi connectivity index (χ4v) is 2.30. The van der Waals surface area contributed by atoms with Crippen LogP contribution in [0.2, 0.25) is 0 Å². The first-order valence-corrected chi connectivity index (χ1v) is 7.19. The lowest BCUT2D eigenvalue weighted by molar-refractivity contribution is 0.0950. The number of nitrogens with two attached hydrogens (primary N) is 1. The predicted molar refractivity (Wildman–Crippen MR) is 78.6 cm³/mol. The summed E-state index contributed by atoms with van der Waals surface area (Å²) in [4.78, 5) is 16.4. The molecule has 0 aromatic carbocycles. The Morgan fingerprint density at radius 2 is 2.35 bits per heavy atom. The molecule has 1 aromatic heterocycles. The van der Waals surface area contributed by atoms with Crippen LogP contribution in [0.15, 0.2) is 12.1 Å². The van der Waals surface area contributed by atoms with Crippen LogP contribution in [-0.4, -0.2) is 30.6 Å². The minimum atomic E-state index is -0.0834. The summed E-state index contributed by atoms with van der Waals surface area (Å²) in [5, 5.41) is 2.94. The number of carbonyl (C=O) groups excluding carboxylic acids is 1. The van der Waals surface area contributed by atoms with Crippen LogP contribution in [0.4, 0.5) is 5.82 Å². The van der Waals surface area contributed by atoms with Gasteiger partial charge in [0.1, 0.15) is 5.82 Å². The Labute approximate surface area is 119 Å². The van der Waals surface area contributed by atoms with Gasteiger partial charge in [-0.05, 0) is 36.8 Å². The second kappa shape index (κ2) is 6.70. The van der Waals surface area contributed by atoms with Gasteiger partial charge in [0.2, 0.25) is 0 Å². The van der Waals surface area contributed by atoms with Crippen LogP contribution in [0.25, 0.3) is 0 Å². The third-order valence-corrected chi connectivity index (χ3v) is 3.58. The lowest BCUT2D eigenvalue weighted by atomic mass is 10.0. The summed E-state index contributed by atoms with van der Waals surface area (Å²) in [5.74, 6) is 1.13. The summed E-state index contributed by atoms with van der Waals surface area (Å²) < 4.78 is 5.32. The number of amides is 1. The zero-order valence-electron chi connectivity index (χ0n) is 12.2. The van der Waals surface area contributed by atoms with Crippen LogP contribution >= 0.6 is 0 Å². The standard InChI is InChI=1S/C15H23N3O2/c1-10(2)13-7-12(8-14(16)18-13)15(19)17-5-3-11-4-6-20-9-11/h7-8,10-11H,3-6,9H2,1-2H3,(H2,16,18)(H,17,19). The number of hydrogen-bond donors (Lipinski definition) is 2. The number of rotatable bonds is 5. The van der Waals surface area contributed by atoms with Crippen molar-refractivity contribution in [1.29, 1.82) is 0 Å². The minimum Gasteiger partial charge on any atom is -0.384 e. The first kappa shape index (κ1) is 14.8. The first-order valence-electron chi connectivity index (χ1n) is 7.19. The molecule has 0 saturated carbocycles. The molecule has 20 heavy (non-hydrogen) atoms. The number of nitrogens with zero attached hydrogens (tertiary/aromatic N) is 1. The quantitative estimate of drug-likeness (QED) is 0.862. The minimum absolute atomic E-state index is 0.0834. The fourth-order valence-electron chi connectivity index (χ4n) is 2.30. The third-order valence-electron chi connectivity index (χ3n) is 3.58. The number of aromatic nitrogens is 1. The van der Waals surface area contributed by atoms with Crippen molar-refractivity contribution in [2.45, 2.75) is 32.6 Å². The van der Waals surface area contributed by atoms with Gasteiger partial charge in [-0.25, -0.2) is 4.98 Å². The highest BCUT2D eigenvalue weighted by Gasteiger charge is 2.16. The molecule has 5 heteroatoms. The van der Waals surface area contributed by atoms with Gasteiger partial charge in [-0.3, -0.25) is 4.79 Å². The van der Waals surface area contributed by atoms with E-state index in [-0.39, 0.29) is 11.8 Å². The highest BCUT2D eigenvalue weighted by Crippen LogP contribution is 2.17. The monoisotopic (exact) mass is 277 g/mol. The molecule has 1 fully saturated rings. The number of anilines is 1. The van der Waals surface area contributed by atoms with E-state index in [4.69, 9.17) is 10.5 Å². The zero-order valence-corrected chi connectivity index (χ0v) is 12.2. The average molecular weight is 277 g/mol. The lowest BCUT2D eigenvalue weighted by Gasteiger charge is -2.11. The first-order chi connectivity index (χ1) is 9.56. The molecule has 1 aromatic rings. The largest absolute Gasteiger partial charge is 0.384 e. The molecular weight excluding hydrogens is 254 g/mol. The van der Waals surface area contributed by atoms with Gasteiger partial charge >= 0.3 is 0 Å². The summed E-state index contributed by atoms with van der Waals surface area (Å²) in [6.45, 7) is 6.39. The van der Waals surface area contributed by atoms with Crippen molar-refractivity contribution in [2.75, 3.05) is 25.5 Å². The second-order valence-electron chi connectivity index (χ2n) is 5.63. The number of nitrogens with one attached hydrogen (secondary N) is 1. The van der Waals surface area contributed by atoms with Gasteiger partial charge in [-0.15, -0.1) is 0 Å². The summed E-state index contributed by atoms with van der Waals surface area (Å²) in [6.07, 6.45) is 2.05. The van der Waals surface area contributed by atoms with E-state index in [0.29, 0.717) is 23.8 Å². The highest BCUT2D eigenvalue weighted by molar-refractivity contribution is 5.94. The van der Waals surface area contributed by atoms with Gasteiger partial charge < -0.3 is 15.8 Å². The molecule has 110 valence electrons. The van der Waals surface area contributed by atoms with Crippen molar-refractivity contribution in [2.24, 2.45) is 5.92 Å². The summed E-state index contributed by atoms with van der Waals surface area (Å²) in [6, 6.07) is 3.44. The fraction of sp³-hybridized carbons (Fsp3) is 0.600. The van der Waals surface area contributed by atoms with E-state index in [2.05, 4.69) is 10.3 Å². The molecule has 2 rings (SSSR count). The van der Waals surface area contributed by atoms with Crippen LogP contribution in [0.1, 0.15) is 48.7 Å². The molecule has 1 amide bonds. The van der Waals surface area contributed by atoms with Crippen LogP contribution < -0.4 is 11.1 Å². The summed E-state index contributed by atoms with van der Waals surface area (Å²) in [5.41, 5.74) is 7.19. The Bertz CT molecular complexity index is 468. The number of carbonyl (C=O) groups is 1. The molecule has 0 bridgehead atoms. The Hall–Kier alpha value is -1.62. The Morgan fingerprint density at radius 3 is 3.00 bits per heavy atom. The van der Waals surface area contributed by atoms with Crippen LogP contribution in [0.5, 0.6) is 0 Å². The van der Waals surface area contributed by atoms with Crippen molar-refractivity contribution >= 4 is 11.7 Å². The highest BCUT2D eigenvalue weighted by atomic mass is 16.5. The molecule has 0 radical (unpaired) electrons. The summed E-state index contributed by atoms with van der Waals surface area (Å²) in [7, 11) is 0. The molecule has 1 aliphatic heterocycles. The van der Waals surface area contributed by atoms with Gasteiger partial charge in [-0.1, -0.05) is 13.8 Å². The van der Waals surface area contributed by atoms with E-state index in [1.807, 2.05) is 19.9 Å². The van der Waals surface area contributed by atoms with Crippen molar-refractivity contribution in [1.82, 2.24) is 10.3 Å². The molecule has 1 atom stereocenters. The predicted octanol–water partition coefficient (Wildman–Crippen LogP) is 1.94. The molecule has 1 saturated heterocycles. The topological polar surface area (TPSA) is 77.2 Å². The number of pyridine rings is 1. The molecule has 3 N–H and O–H groups in total. The van der Waals surface area contributed by atoms with E-state index in [0.717, 1.165) is 31.7 Å². The second-order valence-corrected chi connectivity index (χ2v) is 5.63. The van der Waals surface area contributed by atoms with Gasteiger partial charge in [0.15, 0.2) is 0 Å².